The summed E-state index contributed by atoms with van der Waals surface area (Å²) in [6.45, 7) is 4.59. The van der Waals surface area contributed by atoms with Gasteiger partial charge in [-0.2, -0.15) is 0 Å². The molecule has 0 amide bonds. The second-order valence-corrected chi connectivity index (χ2v) is 3.90. The van der Waals surface area contributed by atoms with Crippen LogP contribution < -0.4 is 0 Å². The van der Waals surface area contributed by atoms with Crippen molar-refractivity contribution in [2.45, 2.75) is 26.2 Å². The minimum absolute atomic E-state index is 0. The first-order chi connectivity index (χ1) is 6.33. The molecule has 14 heavy (non-hydrogen) atoms. The molecule has 76 valence electrons. The first-order valence-electron chi connectivity index (χ1n) is 5.10. The molecule has 1 aliphatic rings. The van der Waals surface area contributed by atoms with E-state index in [1.54, 1.807) is 0 Å². The van der Waals surface area contributed by atoms with E-state index in [4.69, 9.17) is 0 Å². The van der Waals surface area contributed by atoms with Crippen LogP contribution in [0, 0.1) is 5.92 Å². The van der Waals surface area contributed by atoms with E-state index in [9.17, 15) is 0 Å². The Morgan fingerprint density at radius 2 is 2.00 bits per heavy atom. The van der Waals surface area contributed by atoms with Crippen LogP contribution in [-0.4, -0.2) is 0 Å². The smallest absolute Gasteiger partial charge is 0.00527 e. The van der Waals surface area contributed by atoms with Crippen LogP contribution in [0.15, 0.2) is 30.3 Å². The van der Waals surface area contributed by atoms with Crippen molar-refractivity contribution in [3.05, 3.63) is 41.5 Å². The van der Waals surface area contributed by atoms with Crippen molar-refractivity contribution in [2.75, 3.05) is 0 Å². The maximum Gasteiger partial charge on any atom is 0.00527 e. The Bertz CT molecular complexity index is 328. The fourth-order valence-electron chi connectivity index (χ4n) is 2.03. The van der Waals surface area contributed by atoms with Gasteiger partial charge in [-0.15, -0.1) is 12.4 Å². The van der Waals surface area contributed by atoms with E-state index in [1.807, 2.05) is 0 Å². The van der Waals surface area contributed by atoms with Gasteiger partial charge in [0.2, 0.25) is 0 Å². The molecule has 0 spiro atoms. The number of hydrogen-bond acceptors (Lipinski definition) is 0. The molecule has 1 aromatic carbocycles. The Kier molecular flexibility index (Phi) is 3.77. The molecule has 0 nitrogen and oxygen atoms in total. The minimum atomic E-state index is 0. The molecule has 0 saturated carbocycles. The first-order valence-corrected chi connectivity index (χ1v) is 5.10. The molecule has 0 N–H and O–H groups in total. The maximum absolute atomic E-state index is 2.35. The quantitative estimate of drug-likeness (QED) is 0.681. The molecule has 0 saturated heterocycles. The van der Waals surface area contributed by atoms with Crippen molar-refractivity contribution in [3.63, 3.8) is 0 Å². The van der Waals surface area contributed by atoms with Crippen LogP contribution in [0.3, 0.4) is 0 Å². The summed E-state index contributed by atoms with van der Waals surface area (Å²) in [4.78, 5) is 0. The van der Waals surface area contributed by atoms with Crippen molar-refractivity contribution < 1.29 is 0 Å². The van der Waals surface area contributed by atoms with Crippen LogP contribution in [0.2, 0.25) is 0 Å². The van der Waals surface area contributed by atoms with E-state index >= 15 is 0 Å². The Morgan fingerprint density at radius 1 is 1.29 bits per heavy atom. The molecule has 1 heteroatoms. The minimum Gasteiger partial charge on any atom is -0.147 e. The highest BCUT2D eigenvalue weighted by atomic mass is 35.5. The Balaban J connectivity index is 0.000000980. The molecule has 2 unspecified atom stereocenters. The van der Waals surface area contributed by atoms with Crippen LogP contribution in [0.5, 0.6) is 0 Å². The van der Waals surface area contributed by atoms with Crippen LogP contribution in [0.1, 0.15) is 37.3 Å². The van der Waals surface area contributed by atoms with Crippen molar-refractivity contribution in [1.82, 2.24) is 0 Å². The largest absolute Gasteiger partial charge is 0.147 e. The lowest BCUT2D eigenvalue weighted by atomic mass is 9.87. The van der Waals surface area contributed by atoms with Gasteiger partial charge in [-0.25, -0.2) is 0 Å². The zero-order chi connectivity index (χ0) is 9.26. The Morgan fingerprint density at radius 3 is 2.71 bits per heavy atom. The summed E-state index contributed by atoms with van der Waals surface area (Å²) in [6, 6.07) is 8.71. The van der Waals surface area contributed by atoms with Gasteiger partial charge in [-0.05, 0) is 17.0 Å². The normalized spacial score (nSPS) is 20.0. The Hall–Kier alpha value is -0.750. The molecular weight excluding hydrogens is 192 g/mol. The van der Waals surface area contributed by atoms with E-state index in [1.165, 1.54) is 17.5 Å². The molecular formula is C13H17Cl. The highest BCUT2D eigenvalue weighted by Gasteiger charge is 2.20. The lowest BCUT2D eigenvalue weighted by molar-refractivity contribution is 0.511. The van der Waals surface area contributed by atoms with Crippen LogP contribution >= 0.6 is 12.4 Å². The predicted octanol–water partition coefficient (Wildman–Crippen LogP) is 4.26. The maximum atomic E-state index is 2.35. The zero-order valence-electron chi connectivity index (χ0n) is 8.73. The predicted molar refractivity (Wildman–Crippen MR) is 64.9 cm³/mol. The summed E-state index contributed by atoms with van der Waals surface area (Å²) in [5, 5.41) is 0. The molecule has 0 fully saturated rings. The van der Waals surface area contributed by atoms with Crippen molar-refractivity contribution >= 4 is 18.5 Å². The summed E-state index contributed by atoms with van der Waals surface area (Å²) in [5.41, 5.74) is 2.92. The van der Waals surface area contributed by atoms with Gasteiger partial charge in [-0.1, -0.05) is 56.7 Å². The van der Waals surface area contributed by atoms with E-state index < -0.39 is 0 Å². The molecule has 0 aromatic heterocycles. The monoisotopic (exact) mass is 208 g/mol. The third-order valence-electron chi connectivity index (χ3n) is 3.10. The number of benzene rings is 1. The molecule has 2 atom stereocenters. The van der Waals surface area contributed by atoms with Crippen LogP contribution in [-0.2, 0) is 0 Å². The van der Waals surface area contributed by atoms with Gasteiger partial charge in [0.1, 0.15) is 0 Å². The van der Waals surface area contributed by atoms with Gasteiger partial charge in [0.25, 0.3) is 0 Å². The molecule has 1 aromatic rings. The summed E-state index contributed by atoms with van der Waals surface area (Å²) >= 11 is 0. The van der Waals surface area contributed by atoms with Crippen molar-refractivity contribution in [1.29, 1.82) is 0 Å². The Labute approximate surface area is 92.4 Å². The topological polar surface area (TPSA) is 0 Å². The van der Waals surface area contributed by atoms with Crippen LogP contribution in [0.25, 0.3) is 6.08 Å². The summed E-state index contributed by atoms with van der Waals surface area (Å²) in [7, 11) is 0. The van der Waals surface area contributed by atoms with E-state index in [0.717, 1.165) is 5.92 Å². The first kappa shape index (κ1) is 11.3. The second-order valence-electron chi connectivity index (χ2n) is 3.90. The van der Waals surface area contributed by atoms with Gasteiger partial charge in [0.15, 0.2) is 0 Å². The third kappa shape index (κ3) is 1.85. The average molecular weight is 209 g/mol. The van der Waals surface area contributed by atoms with Gasteiger partial charge in [0.05, 0.1) is 0 Å². The van der Waals surface area contributed by atoms with E-state index in [0.29, 0.717) is 5.92 Å². The number of rotatable bonds is 2. The number of fused-ring (bicyclic) bond motifs is 1. The van der Waals surface area contributed by atoms with Crippen molar-refractivity contribution in [3.8, 4) is 0 Å². The molecule has 0 bridgehead atoms. The standard InChI is InChI=1S/C13H16.ClH/c1-3-10(2)12-9-8-11-6-4-5-7-13(11)12;/h4-10,12H,3H2,1-2H3;1H. The number of halogens is 1. The lowest BCUT2D eigenvalue weighted by Gasteiger charge is -2.17. The third-order valence-corrected chi connectivity index (χ3v) is 3.10. The number of hydrogen-bond donors (Lipinski definition) is 0. The van der Waals surface area contributed by atoms with Gasteiger partial charge < -0.3 is 0 Å². The fraction of sp³-hybridized carbons (Fsp3) is 0.385. The van der Waals surface area contributed by atoms with E-state index in [-0.39, 0.29) is 12.4 Å². The molecule has 0 radical (unpaired) electrons. The summed E-state index contributed by atoms with van der Waals surface area (Å²) in [6.07, 6.45) is 5.86. The van der Waals surface area contributed by atoms with Crippen LogP contribution in [0.4, 0.5) is 0 Å². The molecule has 0 aliphatic heterocycles. The molecule has 0 heterocycles. The number of allylic oxidation sites excluding steroid dienone is 1. The van der Waals surface area contributed by atoms with Gasteiger partial charge in [0, 0.05) is 5.92 Å². The van der Waals surface area contributed by atoms with E-state index in [2.05, 4.69) is 50.3 Å². The molecule has 1 aliphatic carbocycles. The summed E-state index contributed by atoms with van der Waals surface area (Å²) in [5.74, 6) is 1.42. The van der Waals surface area contributed by atoms with Gasteiger partial charge in [-0.3, -0.25) is 0 Å². The lowest BCUT2D eigenvalue weighted by Crippen LogP contribution is -2.04. The van der Waals surface area contributed by atoms with Crippen molar-refractivity contribution in [2.24, 2.45) is 5.92 Å². The fourth-order valence-corrected chi connectivity index (χ4v) is 2.03. The second kappa shape index (κ2) is 4.65. The zero-order valence-corrected chi connectivity index (χ0v) is 9.55. The average Bonchev–Trinajstić information content (AvgIpc) is 2.60. The highest BCUT2D eigenvalue weighted by molar-refractivity contribution is 5.85. The van der Waals surface area contributed by atoms with Gasteiger partial charge >= 0.3 is 0 Å². The molecule has 2 rings (SSSR count). The highest BCUT2D eigenvalue weighted by Crippen LogP contribution is 2.36. The summed E-state index contributed by atoms with van der Waals surface area (Å²) < 4.78 is 0. The SMILES string of the molecule is CCC(C)C1C=Cc2ccccc21.Cl.